The van der Waals surface area contributed by atoms with Crippen LogP contribution in [0.25, 0.3) is 0 Å². The number of aliphatic hydroxyl groups is 2. The second kappa shape index (κ2) is 8.45. The van der Waals surface area contributed by atoms with Gasteiger partial charge in [0.25, 0.3) is 0 Å². The van der Waals surface area contributed by atoms with E-state index in [0.717, 1.165) is 48.6 Å². The maximum absolute atomic E-state index is 10.8. The maximum atomic E-state index is 10.8. The van der Waals surface area contributed by atoms with E-state index in [0.29, 0.717) is 13.0 Å². The van der Waals surface area contributed by atoms with Crippen LogP contribution in [0.5, 0.6) is 11.5 Å². The van der Waals surface area contributed by atoms with Crippen LogP contribution in [0.3, 0.4) is 0 Å². The fourth-order valence-electron chi connectivity index (χ4n) is 4.75. The van der Waals surface area contributed by atoms with Crippen molar-refractivity contribution in [2.45, 2.75) is 63.3 Å². The van der Waals surface area contributed by atoms with Crippen LogP contribution in [0.4, 0.5) is 0 Å². The Bertz CT molecular complexity index is 895. The summed E-state index contributed by atoms with van der Waals surface area (Å²) in [7, 11) is 1.63. The lowest BCUT2D eigenvalue weighted by atomic mass is 9.81. The van der Waals surface area contributed by atoms with Crippen molar-refractivity contribution in [2.75, 3.05) is 26.7 Å². The summed E-state index contributed by atoms with van der Waals surface area (Å²) in [5.41, 5.74) is 2.81. The summed E-state index contributed by atoms with van der Waals surface area (Å²) < 4.78 is 11.7. The molecule has 0 bridgehead atoms. The molecule has 0 radical (unpaired) electrons. The van der Waals surface area contributed by atoms with Crippen LogP contribution < -0.4 is 9.47 Å². The van der Waals surface area contributed by atoms with E-state index in [1.807, 2.05) is 30.3 Å². The first-order valence-electron chi connectivity index (χ1n) is 11.2. The smallest absolute Gasteiger partial charge is 0.126 e. The Labute approximate surface area is 185 Å². The molecule has 0 aliphatic carbocycles. The predicted molar refractivity (Wildman–Crippen MR) is 122 cm³/mol. The summed E-state index contributed by atoms with van der Waals surface area (Å²) in [6.45, 7) is 8.88. The normalized spacial score (nSPS) is 21.9. The molecule has 2 N–H and O–H groups in total. The van der Waals surface area contributed by atoms with Crippen molar-refractivity contribution in [2.24, 2.45) is 0 Å². The van der Waals surface area contributed by atoms with Gasteiger partial charge in [-0.3, -0.25) is 0 Å². The van der Waals surface area contributed by atoms with Gasteiger partial charge in [0, 0.05) is 31.6 Å². The van der Waals surface area contributed by atoms with Crippen molar-refractivity contribution in [1.29, 1.82) is 0 Å². The van der Waals surface area contributed by atoms with Crippen molar-refractivity contribution >= 4 is 0 Å². The average Bonchev–Trinajstić information content (AvgIpc) is 2.75. The molecule has 168 valence electrons. The molecule has 0 amide bonds. The van der Waals surface area contributed by atoms with Gasteiger partial charge in [-0.2, -0.15) is 0 Å². The van der Waals surface area contributed by atoms with Crippen LogP contribution in [-0.2, 0) is 5.41 Å². The maximum Gasteiger partial charge on any atom is 0.126 e. The van der Waals surface area contributed by atoms with E-state index in [1.54, 1.807) is 7.11 Å². The zero-order valence-electron chi connectivity index (χ0n) is 19.1. The standard InChI is InChI=1S/C26H35NO4/c1-25(2,3)19-7-5-18(6-8-19)23(29)17-27-13-11-26(12-14-27)16-22(28)21-15-20(30-4)9-10-24(21)31-26/h5-10,15,22-23,28-29H,11-14,16-17H2,1-4H3/t22-,23-/m1/s1. The van der Waals surface area contributed by atoms with Crippen molar-refractivity contribution in [3.8, 4) is 11.5 Å². The molecule has 1 fully saturated rings. The molecule has 2 atom stereocenters. The first-order valence-corrected chi connectivity index (χ1v) is 11.2. The van der Waals surface area contributed by atoms with E-state index >= 15 is 0 Å². The SMILES string of the molecule is COc1ccc2c(c1)[C@H](O)CC1(CCN(C[C@@H](O)c3ccc(C(C)(C)C)cc3)CC1)O2. The Kier molecular flexibility index (Phi) is 6.03. The third-order valence-electron chi connectivity index (χ3n) is 6.83. The topological polar surface area (TPSA) is 62.2 Å². The van der Waals surface area contributed by atoms with Crippen molar-refractivity contribution in [3.05, 3.63) is 59.2 Å². The fraction of sp³-hybridized carbons (Fsp3) is 0.538. The van der Waals surface area contributed by atoms with Gasteiger partial charge in [0.1, 0.15) is 17.1 Å². The monoisotopic (exact) mass is 425 g/mol. The number of hydrogen-bond acceptors (Lipinski definition) is 5. The lowest BCUT2D eigenvalue weighted by Gasteiger charge is -2.46. The number of rotatable bonds is 4. The number of benzene rings is 2. The van der Waals surface area contributed by atoms with Gasteiger partial charge < -0.3 is 24.6 Å². The van der Waals surface area contributed by atoms with Gasteiger partial charge in [0.2, 0.25) is 0 Å². The van der Waals surface area contributed by atoms with Gasteiger partial charge in [-0.1, -0.05) is 45.0 Å². The van der Waals surface area contributed by atoms with Crippen molar-refractivity contribution in [3.63, 3.8) is 0 Å². The van der Waals surface area contributed by atoms with Crippen LogP contribution in [-0.4, -0.2) is 47.5 Å². The first-order chi connectivity index (χ1) is 14.7. The number of ether oxygens (including phenoxy) is 2. The number of methoxy groups -OCH3 is 1. The van der Waals surface area contributed by atoms with E-state index in [9.17, 15) is 10.2 Å². The quantitative estimate of drug-likeness (QED) is 0.761. The fourth-order valence-corrected chi connectivity index (χ4v) is 4.75. The molecule has 1 saturated heterocycles. The van der Waals surface area contributed by atoms with Crippen LogP contribution in [0.1, 0.15) is 68.9 Å². The first kappa shape index (κ1) is 22.1. The Hall–Kier alpha value is -2.08. The molecule has 31 heavy (non-hydrogen) atoms. The summed E-state index contributed by atoms with van der Waals surface area (Å²) in [5.74, 6) is 1.49. The molecule has 2 aromatic rings. The molecule has 0 saturated carbocycles. The number of aliphatic hydroxyl groups excluding tert-OH is 2. The minimum absolute atomic E-state index is 0.110. The number of likely N-dealkylation sites (tertiary alicyclic amines) is 1. The second-order valence-electron chi connectivity index (χ2n) is 10.1. The van der Waals surface area contributed by atoms with Gasteiger partial charge in [0.15, 0.2) is 0 Å². The minimum Gasteiger partial charge on any atom is -0.497 e. The molecular formula is C26H35NO4. The molecule has 2 aliphatic rings. The van der Waals surface area contributed by atoms with E-state index in [-0.39, 0.29) is 11.0 Å². The van der Waals surface area contributed by atoms with Crippen LogP contribution in [0.15, 0.2) is 42.5 Å². The van der Waals surface area contributed by atoms with E-state index in [4.69, 9.17) is 9.47 Å². The molecule has 2 heterocycles. The third kappa shape index (κ3) is 4.74. The summed E-state index contributed by atoms with van der Waals surface area (Å²) in [4.78, 5) is 2.30. The zero-order chi connectivity index (χ0) is 22.2. The van der Waals surface area contributed by atoms with E-state index in [1.165, 1.54) is 5.56 Å². The number of hydrogen-bond donors (Lipinski definition) is 2. The highest BCUT2D eigenvalue weighted by Crippen LogP contribution is 2.45. The Morgan fingerprint density at radius 1 is 1.13 bits per heavy atom. The Morgan fingerprint density at radius 2 is 1.81 bits per heavy atom. The lowest BCUT2D eigenvalue weighted by Crippen LogP contribution is -2.51. The average molecular weight is 426 g/mol. The molecule has 2 aliphatic heterocycles. The molecule has 2 aromatic carbocycles. The number of β-amino-alcohol motifs (C(OH)–C–C–N with tert-alkyl or cyclic N) is 1. The summed E-state index contributed by atoms with van der Waals surface area (Å²) >= 11 is 0. The highest BCUT2D eigenvalue weighted by Gasteiger charge is 2.43. The molecule has 5 heteroatoms. The Morgan fingerprint density at radius 3 is 2.42 bits per heavy atom. The van der Waals surface area contributed by atoms with Crippen molar-refractivity contribution < 1.29 is 19.7 Å². The third-order valence-corrected chi connectivity index (χ3v) is 6.83. The molecule has 0 aromatic heterocycles. The van der Waals surface area contributed by atoms with Gasteiger partial charge in [-0.05, 0) is 47.6 Å². The van der Waals surface area contributed by atoms with Gasteiger partial charge in [0.05, 0.1) is 19.3 Å². The van der Waals surface area contributed by atoms with Gasteiger partial charge in [-0.25, -0.2) is 0 Å². The highest BCUT2D eigenvalue weighted by molar-refractivity contribution is 5.43. The summed E-state index contributed by atoms with van der Waals surface area (Å²) in [6.07, 6.45) is 1.22. The summed E-state index contributed by atoms with van der Waals surface area (Å²) in [5, 5.41) is 21.5. The summed E-state index contributed by atoms with van der Waals surface area (Å²) in [6, 6.07) is 14.0. The largest absolute Gasteiger partial charge is 0.497 e. The van der Waals surface area contributed by atoms with Gasteiger partial charge >= 0.3 is 0 Å². The number of nitrogens with zero attached hydrogens (tertiary/aromatic N) is 1. The zero-order valence-corrected chi connectivity index (χ0v) is 19.1. The molecule has 1 spiro atoms. The minimum atomic E-state index is -0.544. The molecule has 5 nitrogen and oxygen atoms in total. The number of fused-ring (bicyclic) bond motifs is 1. The lowest BCUT2D eigenvalue weighted by molar-refractivity contribution is -0.0588. The van der Waals surface area contributed by atoms with E-state index in [2.05, 4.69) is 37.8 Å². The predicted octanol–water partition coefficient (Wildman–Crippen LogP) is 4.38. The van der Waals surface area contributed by atoms with Crippen molar-refractivity contribution in [1.82, 2.24) is 4.90 Å². The molecule has 4 rings (SSSR count). The van der Waals surface area contributed by atoms with E-state index < -0.39 is 12.2 Å². The molecular weight excluding hydrogens is 390 g/mol. The van der Waals surface area contributed by atoms with Crippen LogP contribution in [0.2, 0.25) is 0 Å². The second-order valence-corrected chi connectivity index (χ2v) is 10.1. The highest BCUT2D eigenvalue weighted by atomic mass is 16.5. The van der Waals surface area contributed by atoms with Gasteiger partial charge in [-0.15, -0.1) is 0 Å². The number of piperidine rings is 1. The Balaban J connectivity index is 1.36. The van der Waals surface area contributed by atoms with Crippen LogP contribution >= 0.6 is 0 Å². The molecule has 0 unspecified atom stereocenters. The van der Waals surface area contributed by atoms with Crippen LogP contribution in [0, 0.1) is 0 Å².